The van der Waals surface area contributed by atoms with Gasteiger partial charge in [-0.05, 0) is 55.2 Å². The lowest BCUT2D eigenvalue weighted by Crippen LogP contribution is -2.42. The largest absolute Gasteiger partial charge is 0.377 e. The van der Waals surface area contributed by atoms with Gasteiger partial charge in [0.1, 0.15) is 5.82 Å². The second-order valence-corrected chi connectivity index (χ2v) is 10.1. The van der Waals surface area contributed by atoms with Crippen molar-refractivity contribution in [2.75, 3.05) is 29.6 Å². The molecule has 1 heterocycles. The molecule has 0 saturated heterocycles. The van der Waals surface area contributed by atoms with E-state index in [1.54, 1.807) is 0 Å². The van der Waals surface area contributed by atoms with E-state index < -0.39 is 0 Å². The molecule has 2 amide bonds. The first-order valence-electron chi connectivity index (χ1n) is 12.9. The van der Waals surface area contributed by atoms with Crippen molar-refractivity contribution in [3.05, 3.63) is 59.7 Å². The first kappa shape index (κ1) is 24.8. The molecule has 0 aliphatic heterocycles. The van der Waals surface area contributed by atoms with Crippen molar-refractivity contribution in [2.24, 2.45) is 0 Å². The third-order valence-corrected chi connectivity index (χ3v) is 7.01. The van der Waals surface area contributed by atoms with Crippen LogP contribution in [-0.4, -0.2) is 37.2 Å². The van der Waals surface area contributed by atoms with Crippen molar-refractivity contribution in [3.63, 3.8) is 0 Å². The van der Waals surface area contributed by atoms with Gasteiger partial charge in [0, 0.05) is 49.0 Å². The fourth-order valence-electron chi connectivity index (χ4n) is 5.08. The number of amides is 2. The fourth-order valence-corrected chi connectivity index (χ4v) is 5.08. The van der Waals surface area contributed by atoms with E-state index in [1.807, 2.05) is 6.07 Å². The molecule has 0 bridgehead atoms. The number of rotatable bonds is 7. The average Bonchev–Trinajstić information content (AvgIpc) is 2.84. The number of nitrogens with zero attached hydrogens (tertiary/aromatic N) is 2. The Kier molecular flexibility index (Phi) is 7.79. The smallest absolute Gasteiger partial charge is 0.319 e. The molecular formula is C29H39N5O. The second kappa shape index (κ2) is 11.0. The van der Waals surface area contributed by atoms with Crippen molar-refractivity contribution >= 4 is 34.1 Å². The van der Waals surface area contributed by atoms with Crippen LogP contribution in [0.4, 0.5) is 22.0 Å². The lowest BCUT2D eigenvalue weighted by Gasteiger charge is -2.30. The van der Waals surface area contributed by atoms with Gasteiger partial charge in [-0.25, -0.2) is 9.78 Å². The molecule has 1 aliphatic rings. The third-order valence-electron chi connectivity index (χ3n) is 7.01. The van der Waals surface area contributed by atoms with Crippen LogP contribution in [0.3, 0.4) is 0 Å². The molecule has 3 N–H and O–H groups in total. The number of fused-ring (bicyclic) bond motifs is 1. The van der Waals surface area contributed by atoms with Crippen LogP contribution in [0.2, 0.25) is 0 Å². The standard InChI is InChI=1S/C29H39N5O/c1-6-20-10-9-12-23(19(2)3)28(20)33-29(35)31-22-16-14-21(15-17-22)30-27-18-26(34(4)5)24-11-7-8-13-25(24)32-27/h7-13,18-19,21-22H,6,14-17H2,1-5H3,(H,30,32)(H2,31,33,35). The van der Waals surface area contributed by atoms with Crippen molar-refractivity contribution in [1.29, 1.82) is 0 Å². The highest BCUT2D eigenvalue weighted by molar-refractivity contribution is 5.93. The number of hydrogen-bond donors (Lipinski definition) is 3. The van der Waals surface area contributed by atoms with Crippen LogP contribution in [-0.2, 0) is 6.42 Å². The van der Waals surface area contributed by atoms with E-state index in [0.29, 0.717) is 12.0 Å². The molecule has 35 heavy (non-hydrogen) atoms. The van der Waals surface area contributed by atoms with Gasteiger partial charge in [0.05, 0.1) is 5.52 Å². The molecule has 3 aromatic rings. The third kappa shape index (κ3) is 5.87. The minimum absolute atomic E-state index is 0.101. The molecule has 6 nitrogen and oxygen atoms in total. The number of aromatic nitrogens is 1. The Labute approximate surface area is 209 Å². The molecule has 186 valence electrons. The Bertz CT molecular complexity index is 1160. The predicted octanol–water partition coefficient (Wildman–Crippen LogP) is 6.53. The molecule has 0 radical (unpaired) electrons. The van der Waals surface area contributed by atoms with E-state index in [4.69, 9.17) is 4.98 Å². The fraction of sp³-hybridized carbons (Fsp3) is 0.448. The van der Waals surface area contributed by atoms with Gasteiger partial charge >= 0.3 is 6.03 Å². The van der Waals surface area contributed by atoms with Crippen LogP contribution in [0.5, 0.6) is 0 Å². The van der Waals surface area contributed by atoms with Gasteiger partial charge in [0.15, 0.2) is 0 Å². The highest BCUT2D eigenvalue weighted by Crippen LogP contribution is 2.30. The van der Waals surface area contributed by atoms with Gasteiger partial charge in [-0.15, -0.1) is 0 Å². The molecule has 6 heteroatoms. The average molecular weight is 474 g/mol. The maximum Gasteiger partial charge on any atom is 0.319 e. The molecule has 1 aromatic heterocycles. The van der Waals surface area contributed by atoms with Crippen LogP contribution in [0, 0.1) is 0 Å². The Morgan fingerprint density at radius 2 is 1.74 bits per heavy atom. The maximum absolute atomic E-state index is 12.9. The van der Waals surface area contributed by atoms with Crippen molar-refractivity contribution in [2.45, 2.75) is 70.9 Å². The first-order valence-corrected chi connectivity index (χ1v) is 12.9. The minimum atomic E-state index is -0.101. The number of benzene rings is 2. The normalized spacial score (nSPS) is 17.9. The van der Waals surface area contributed by atoms with E-state index in [9.17, 15) is 4.79 Å². The number of aryl methyl sites for hydroxylation is 1. The summed E-state index contributed by atoms with van der Waals surface area (Å²) in [5.41, 5.74) is 5.50. The van der Waals surface area contributed by atoms with E-state index in [-0.39, 0.29) is 12.1 Å². The summed E-state index contributed by atoms with van der Waals surface area (Å²) in [6.45, 7) is 6.46. The SMILES string of the molecule is CCc1cccc(C(C)C)c1NC(=O)NC1CCC(Nc2cc(N(C)C)c3ccccc3n2)CC1. The lowest BCUT2D eigenvalue weighted by molar-refractivity contribution is 0.243. The number of nitrogens with one attached hydrogen (secondary N) is 3. The van der Waals surface area contributed by atoms with Crippen molar-refractivity contribution in [1.82, 2.24) is 10.3 Å². The zero-order valence-electron chi connectivity index (χ0n) is 21.7. The molecule has 0 spiro atoms. The Morgan fingerprint density at radius 1 is 1.03 bits per heavy atom. The van der Waals surface area contributed by atoms with E-state index >= 15 is 0 Å². The topological polar surface area (TPSA) is 69.3 Å². The molecular weight excluding hydrogens is 434 g/mol. The van der Waals surface area contributed by atoms with Crippen molar-refractivity contribution in [3.8, 4) is 0 Å². The summed E-state index contributed by atoms with van der Waals surface area (Å²) in [4.78, 5) is 19.9. The van der Waals surface area contributed by atoms with Crippen LogP contribution < -0.4 is 20.9 Å². The molecule has 1 saturated carbocycles. The highest BCUT2D eigenvalue weighted by Gasteiger charge is 2.24. The molecule has 1 fully saturated rings. The maximum atomic E-state index is 12.9. The van der Waals surface area contributed by atoms with Gasteiger partial charge in [-0.2, -0.15) is 0 Å². The lowest BCUT2D eigenvalue weighted by atomic mass is 9.91. The van der Waals surface area contributed by atoms with E-state index in [1.165, 1.54) is 16.8 Å². The highest BCUT2D eigenvalue weighted by atomic mass is 16.2. The summed E-state index contributed by atoms with van der Waals surface area (Å²) in [5.74, 6) is 1.27. The summed E-state index contributed by atoms with van der Waals surface area (Å²) in [6, 6.07) is 17.1. The van der Waals surface area contributed by atoms with Gasteiger partial charge in [0.25, 0.3) is 0 Å². The van der Waals surface area contributed by atoms with Crippen molar-refractivity contribution < 1.29 is 4.79 Å². The zero-order chi connectivity index (χ0) is 24.9. The van der Waals surface area contributed by atoms with Crippen LogP contribution >= 0.6 is 0 Å². The van der Waals surface area contributed by atoms with Gasteiger partial charge in [-0.3, -0.25) is 0 Å². The summed E-state index contributed by atoms with van der Waals surface area (Å²) >= 11 is 0. The van der Waals surface area contributed by atoms with Gasteiger partial charge in [0.2, 0.25) is 0 Å². The number of urea groups is 1. The zero-order valence-corrected chi connectivity index (χ0v) is 21.7. The second-order valence-electron chi connectivity index (χ2n) is 10.1. The van der Waals surface area contributed by atoms with Crippen LogP contribution in [0.15, 0.2) is 48.5 Å². The number of hydrogen-bond acceptors (Lipinski definition) is 4. The Morgan fingerprint density at radius 3 is 2.43 bits per heavy atom. The van der Waals surface area contributed by atoms with E-state index in [0.717, 1.165) is 54.5 Å². The number of carbonyl (C=O) groups excluding carboxylic acids is 1. The molecule has 0 unspecified atom stereocenters. The van der Waals surface area contributed by atoms with Crippen LogP contribution in [0.1, 0.15) is 63.5 Å². The molecule has 4 rings (SSSR count). The molecule has 0 atom stereocenters. The van der Waals surface area contributed by atoms with Gasteiger partial charge < -0.3 is 20.9 Å². The number of pyridine rings is 1. The van der Waals surface area contributed by atoms with Crippen LogP contribution in [0.25, 0.3) is 10.9 Å². The summed E-state index contributed by atoms with van der Waals surface area (Å²) in [5, 5.41) is 11.2. The molecule has 2 aromatic carbocycles. The first-order chi connectivity index (χ1) is 16.9. The molecule has 1 aliphatic carbocycles. The number of para-hydroxylation sites is 2. The number of carbonyl (C=O) groups is 1. The summed E-state index contributed by atoms with van der Waals surface area (Å²) in [7, 11) is 4.13. The minimum Gasteiger partial charge on any atom is -0.377 e. The quantitative estimate of drug-likeness (QED) is 0.365. The Balaban J connectivity index is 1.35. The number of anilines is 3. The summed E-state index contributed by atoms with van der Waals surface area (Å²) in [6.07, 6.45) is 4.79. The van der Waals surface area contributed by atoms with Gasteiger partial charge in [-0.1, -0.05) is 57.2 Å². The van der Waals surface area contributed by atoms with E-state index in [2.05, 4.69) is 98.2 Å². The summed E-state index contributed by atoms with van der Waals surface area (Å²) < 4.78 is 0. The Hall–Kier alpha value is -3.28. The predicted molar refractivity (Wildman–Crippen MR) is 148 cm³/mol. The monoisotopic (exact) mass is 473 g/mol.